The van der Waals surface area contributed by atoms with Crippen LogP contribution in [0.25, 0.3) is 0 Å². The number of nitrogens with zero attached hydrogens (tertiary/aromatic N) is 3. The van der Waals surface area contributed by atoms with Gasteiger partial charge in [0, 0.05) is 30.9 Å². The zero-order valence-corrected chi connectivity index (χ0v) is 14.2. The Hall–Kier alpha value is -2.57. The van der Waals surface area contributed by atoms with Crippen molar-refractivity contribution in [1.82, 2.24) is 15.3 Å². The summed E-state index contributed by atoms with van der Waals surface area (Å²) in [7, 11) is 1.60. The molecule has 1 amide bonds. The molecule has 2 aromatic heterocycles. The lowest BCUT2D eigenvalue weighted by Crippen LogP contribution is -2.45. The summed E-state index contributed by atoms with van der Waals surface area (Å²) in [4.78, 5) is 23.3. The fourth-order valence-corrected chi connectivity index (χ4v) is 2.88. The van der Waals surface area contributed by atoms with Crippen LogP contribution in [0.4, 0.5) is 5.95 Å². The van der Waals surface area contributed by atoms with E-state index < -0.39 is 0 Å². The summed E-state index contributed by atoms with van der Waals surface area (Å²) >= 11 is 0. The van der Waals surface area contributed by atoms with Gasteiger partial charge in [-0.15, -0.1) is 0 Å². The van der Waals surface area contributed by atoms with Crippen LogP contribution in [-0.2, 0) is 0 Å². The normalized spacial score (nSPS) is 15.4. The van der Waals surface area contributed by atoms with Crippen LogP contribution in [0.1, 0.15) is 34.7 Å². The van der Waals surface area contributed by atoms with Gasteiger partial charge in [-0.3, -0.25) is 4.79 Å². The van der Waals surface area contributed by atoms with Crippen LogP contribution in [0.5, 0.6) is 5.88 Å². The summed E-state index contributed by atoms with van der Waals surface area (Å²) in [6.45, 7) is 5.30. The lowest BCUT2D eigenvalue weighted by Gasteiger charge is -2.32. The summed E-state index contributed by atoms with van der Waals surface area (Å²) in [6, 6.07) is 3.66. The summed E-state index contributed by atoms with van der Waals surface area (Å²) in [5.41, 5.74) is 1.48. The predicted molar refractivity (Wildman–Crippen MR) is 89.5 cm³/mol. The lowest BCUT2D eigenvalue weighted by atomic mass is 10.0. The molecule has 0 aromatic carbocycles. The van der Waals surface area contributed by atoms with Crippen molar-refractivity contribution in [2.45, 2.75) is 32.7 Å². The van der Waals surface area contributed by atoms with E-state index in [2.05, 4.69) is 20.2 Å². The van der Waals surface area contributed by atoms with Crippen LogP contribution >= 0.6 is 0 Å². The monoisotopic (exact) mass is 330 g/mol. The van der Waals surface area contributed by atoms with Crippen LogP contribution in [0, 0.1) is 13.8 Å². The van der Waals surface area contributed by atoms with E-state index in [1.54, 1.807) is 20.1 Å². The smallest absolute Gasteiger partial charge is 0.255 e. The minimum Gasteiger partial charge on any atom is -0.481 e. The Morgan fingerprint density at radius 1 is 1.33 bits per heavy atom. The van der Waals surface area contributed by atoms with Crippen LogP contribution in [0.3, 0.4) is 0 Å². The largest absolute Gasteiger partial charge is 0.481 e. The van der Waals surface area contributed by atoms with Gasteiger partial charge in [-0.25, -0.2) is 4.98 Å². The van der Waals surface area contributed by atoms with Crippen molar-refractivity contribution in [2.75, 3.05) is 25.1 Å². The number of amides is 1. The molecule has 24 heavy (non-hydrogen) atoms. The first-order valence-electron chi connectivity index (χ1n) is 8.06. The number of anilines is 1. The van der Waals surface area contributed by atoms with E-state index in [1.807, 2.05) is 13.0 Å². The molecule has 2 aromatic rings. The standard InChI is InChI=1S/C17H22N4O3/c1-11-10-15(23-3)20-17(18-11)21-7-4-13(5-8-21)19-16(22)14-6-9-24-12(14)2/h6,9-10,13H,4-5,7-8H2,1-3H3,(H,19,22). The van der Waals surface area contributed by atoms with E-state index in [-0.39, 0.29) is 11.9 Å². The highest BCUT2D eigenvalue weighted by Crippen LogP contribution is 2.20. The van der Waals surface area contributed by atoms with Gasteiger partial charge in [0.15, 0.2) is 0 Å². The number of ether oxygens (including phenoxy) is 1. The third kappa shape index (κ3) is 3.50. The van der Waals surface area contributed by atoms with Crippen molar-refractivity contribution < 1.29 is 13.9 Å². The van der Waals surface area contributed by atoms with Crippen molar-refractivity contribution in [2.24, 2.45) is 0 Å². The van der Waals surface area contributed by atoms with Gasteiger partial charge in [0.1, 0.15) is 5.76 Å². The fourth-order valence-electron chi connectivity index (χ4n) is 2.88. The van der Waals surface area contributed by atoms with E-state index in [4.69, 9.17) is 9.15 Å². The van der Waals surface area contributed by atoms with Crippen molar-refractivity contribution in [3.63, 3.8) is 0 Å². The van der Waals surface area contributed by atoms with Gasteiger partial charge >= 0.3 is 0 Å². The van der Waals surface area contributed by atoms with Gasteiger partial charge in [0.2, 0.25) is 11.8 Å². The van der Waals surface area contributed by atoms with E-state index in [1.165, 1.54) is 6.26 Å². The molecule has 0 saturated carbocycles. The van der Waals surface area contributed by atoms with Crippen molar-refractivity contribution in [1.29, 1.82) is 0 Å². The lowest BCUT2D eigenvalue weighted by molar-refractivity contribution is 0.0929. The number of aryl methyl sites for hydroxylation is 2. The molecule has 3 heterocycles. The Bertz CT molecular complexity index is 720. The Morgan fingerprint density at radius 3 is 2.71 bits per heavy atom. The van der Waals surface area contributed by atoms with Crippen molar-refractivity contribution in [3.8, 4) is 5.88 Å². The van der Waals surface area contributed by atoms with Gasteiger partial charge in [0.25, 0.3) is 5.91 Å². The molecule has 0 radical (unpaired) electrons. The fraction of sp³-hybridized carbons (Fsp3) is 0.471. The Kier molecular flexibility index (Phi) is 4.69. The first-order valence-corrected chi connectivity index (χ1v) is 8.06. The van der Waals surface area contributed by atoms with E-state index in [0.29, 0.717) is 23.2 Å². The highest BCUT2D eigenvalue weighted by Gasteiger charge is 2.24. The average molecular weight is 330 g/mol. The minimum atomic E-state index is -0.0758. The molecule has 0 bridgehead atoms. The third-order valence-electron chi connectivity index (χ3n) is 4.24. The molecule has 0 unspecified atom stereocenters. The number of carbonyl (C=O) groups excluding carboxylic acids is 1. The number of rotatable bonds is 4. The summed E-state index contributed by atoms with van der Waals surface area (Å²) in [5.74, 6) is 1.82. The predicted octanol–water partition coefficient (Wildman–Crippen LogP) is 2.09. The quantitative estimate of drug-likeness (QED) is 0.924. The van der Waals surface area contributed by atoms with Gasteiger partial charge in [-0.2, -0.15) is 4.98 Å². The Balaban J connectivity index is 1.59. The van der Waals surface area contributed by atoms with Crippen LogP contribution in [0.2, 0.25) is 0 Å². The molecule has 1 saturated heterocycles. The second-order valence-corrected chi connectivity index (χ2v) is 5.98. The molecule has 128 valence electrons. The summed E-state index contributed by atoms with van der Waals surface area (Å²) < 4.78 is 10.4. The number of hydrogen-bond donors (Lipinski definition) is 1. The molecular weight excluding hydrogens is 308 g/mol. The topological polar surface area (TPSA) is 80.5 Å². The number of furan rings is 1. The van der Waals surface area contributed by atoms with Crippen LogP contribution < -0.4 is 15.0 Å². The number of nitrogens with one attached hydrogen (secondary N) is 1. The third-order valence-corrected chi connectivity index (χ3v) is 4.24. The molecule has 1 fully saturated rings. The molecule has 1 aliphatic heterocycles. The first-order chi connectivity index (χ1) is 11.6. The highest BCUT2D eigenvalue weighted by atomic mass is 16.5. The number of aromatic nitrogens is 2. The second-order valence-electron chi connectivity index (χ2n) is 5.98. The Morgan fingerprint density at radius 2 is 2.08 bits per heavy atom. The number of hydrogen-bond acceptors (Lipinski definition) is 6. The molecule has 3 rings (SSSR count). The maximum atomic E-state index is 12.2. The SMILES string of the molecule is COc1cc(C)nc(N2CCC(NC(=O)c3ccoc3C)CC2)n1. The van der Waals surface area contributed by atoms with Crippen molar-refractivity contribution in [3.05, 3.63) is 35.4 Å². The molecule has 0 aliphatic carbocycles. The molecular formula is C17H22N4O3. The molecule has 0 spiro atoms. The van der Waals surface area contributed by atoms with Crippen LogP contribution in [0.15, 0.2) is 22.8 Å². The minimum absolute atomic E-state index is 0.0758. The first kappa shape index (κ1) is 16.3. The Labute approximate surface area is 141 Å². The van der Waals surface area contributed by atoms with Gasteiger partial charge in [-0.1, -0.05) is 0 Å². The molecule has 1 N–H and O–H groups in total. The van der Waals surface area contributed by atoms with Gasteiger partial charge < -0.3 is 19.4 Å². The van der Waals surface area contributed by atoms with Crippen molar-refractivity contribution >= 4 is 11.9 Å². The van der Waals surface area contributed by atoms with Gasteiger partial charge in [-0.05, 0) is 32.8 Å². The maximum Gasteiger partial charge on any atom is 0.255 e. The average Bonchev–Trinajstić information content (AvgIpc) is 3.01. The number of carbonyl (C=O) groups is 1. The molecule has 1 aliphatic rings. The van der Waals surface area contributed by atoms with E-state index in [9.17, 15) is 4.79 Å². The molecule has 7 nitrogen and oxygen atoms in total. The molecule has 7 heteroatoms. The summed E-state index contributed by atoms with van der Waals surface area (Å²) in [5, 5.41) is 3.08. The van der Waals surface area contributed by atoms with E-state index >= 15 is 0 Å². The number of methoxy groups -OCH3 is 1. The van der Waals surface area contributed by atoms with E-state index in [0.717, 1.165) is 31.6 Å². The maximum absolute atomic E-state index is 12.2. The zero-order chi connectivity index (χ0) is 17.1. The summed E-state index contributed by atoms with van der Waals surface area (Å²) in [6.07, 6.45) is 3.24. The van der Waals surface area contributed by atoms with Gasteiger partial charge in [0.05, 0.1) is 18.9 Å². The van der Waals surface area contributed by atoms with Crippen LogP contribution in [-0.4, -0.2) is 42.1 Å². The molecule has 0 atom stereocenters. The second kappa shape index (κ2) is 6.90. The number of piperidine rings is 1. The highest BCUT2D eigenvalue weighted by molar-refractivity contribution is 5.95. The zero-order valence-electron chi connectivity index (χ0n) is 14.2.